The Morgan fingerprint density at radius 3 is 2.85 bits per heavy atom. The first-order chi connectivity index (χ1) is 9.63. The van der Waals surface area contributed by atoms with Crippen molar-refractivity contribution in [3.63, 3.8) is 0 Å². The van der Waals surface area contributed by atoms with E-state index in [4.69, 9.17) is 0 Å². The number of halogens is 2. The van der Waals surface area contributed by atoms with Gasteiger partial charge in [-0.3, -0.25) is 9.36 Å². The van der Waals surface area contributed by atoms with Crippen molar-refractivity contribution in [2.45, 2.75) is 6.54 Å². The molecule has 0 aliphatic rings. The number of aromatic nitrogens is 2. The molecular formula is C15H10BrFN2O. The maximum atomic E-state index is 13.2. The predicted octanol–water partition coefficient (Wildman–Crippen LogP) is 3.35. The average molecular weight is 333 g/mol. The molecule has 0 aliphatic carbocycles. The van der Waals surface area contributed by atoms with Crippen LogP contribution in [0.4, 0.5) is 4.39 Å². The predicted molar refractivity (Wildman–Crippen MR) is 79.2 cm³/mol. The van der Waals surface area contributed by atoms with Crippen LogP contribution in [-0.2, 0) is 6.54 Å². The topological polar surface area (TPSA) is 34.9 Å². The van der Waals surface area contributed by atoms with Gasteiger partial charge in [-0.1, -0.05) is 28.1 Å². The van der Waals surface area contributed by atoms with Crippen molar-refractivity contribution < 1.29 is 4.39 Å². The minimum Gasteiger partial charge on any atom is -0.294 e. The van der Waals surface area contributed by atoms with Gasteiger partial charge in [0.2, 0.25) is 0 Å². The molecule has 0 N–H and O–H groups in total. The fraction of sp³-hybridized carbons (Fsp3) is 0.0667. The minimum atomic E-state index is -0.312. The molecule has 0 spiro atoms. The Labute approximate surface area is 122 Å². The fourth-order valence-corrected chi connectivity index (χ4v) is 2.43. The molecule has 0 atom stereocenters. The number of benzene rings is 2. The van der Waals surface area contributed by atoms with E-state index in [0.717, 1.165) is 10.0 Å². The van der Waals surface area contributed by atoms with Gasteiger partial charge in [0.15, 0.2) is 0 Å². The molecule has 0 saturated carbocycles. The average Bonchev–Trinajstić information content (AvgIpc) is 2.42. The molecule has 0 unspecified atom stereocenters. The summed E-state index contributed by atoms with van der Waals surface area (Å²) >= 11 is 3.35. The highest BCUT2D eigenvalue weighted by Gasteiger charge is 2.05. The van der Waals surface area contributed by atoms with Crippen molar-refractivity contribution in [1.82, 2.24) is 9.55 Å². The molecule has 0 radical (unpaired) electrons. The second-order valence-electron chi connectivity index (χ2n) is 4.47. The quantitative estimate of drug-likeness (QED) is 0.721. The van der Waals surface area contributed by atoms with Gasteiger partial charge in [0.1, 0.15) is 5.82 Å². The standard InChI is InChI=1S/C15H10BrFN2O/c16-11-4-5-13-14(7-11)18-9-19(15(13)20)8-10-2-1-3-12(17)6-10/h1-7,9H,8H2. The zero-order chi connectivity index (χ0) is 14.1. The van der Waals surface area contributed by atoms with Gasteiger partial charge in [-0.25, -0.2) is 9.37 Å². The highest BCUT2D eigenvalue weighted by Crippen LogP contribution is 2.15. The summed E-state index contributed by atoms with van der Waals surface area (Å²) in [4.78, 5) is 16.6. The Kier molecular flexibility index (Phi) is 3.36. The van der Waals surface area contributed by atoms with Gasteiger partial charge in [-0.2, -0.15) is 0 Å². The third-order valence-electron chi connectivity index (χ3n) is 3.03. The molecule has 3 rings (SSSR count). The second kappa shape index (κ2) is 5.17. The molecule has 1 heterocycles. The number of fused-ring (bicyclic) bond motifs is 1. The Morgan fingerprint density at radius 2 is 2.05 bits per heavy atom. The molecule has 0 saturated heterocycles. The molecule has 0 aliphatic heterocycles. The third-order valence-corrected chi connectivity index (χ3v) is 3.52. The summed E-state index contributed by atoms with van der Waals surface area (Å²) in [6.07, 6.45) is 1.49. The van der Waals surface area contributed by atoms with Gasteiger partial charge >= 0.3 is 0 Å². The summed E-state index contributed by atoms with van der Waals surface area (Å²) in [5.74, 6) is -0.312. The van der Waals surface area contributed by atoms with Crippen LogP contribution in [0, 0.1) is 5.82 Å². The molecule has 1 aromatic heterocycles. The van der Waals surface area contributed by atoms with E-state index in [9.17, 15) is 9.18 Å². The monoisotopic (exact) mass is 332 g/mol. The Bertz CT molecular complexity index is 845. The van der Waals surface area contributed by atoms with Crippen molar-refractivity contribution in [3.05, 3.63) is 75.0 Å². The van der Waals surface area contributed by atoms with E-state index in [0.29, 0.717) is 17.4 Å². The number of hydrogen-bond acceptors (Lipinski definition) is 2. The number of hydrogen-bond donors (Lipinski definition) is 0. The first-order valence-corrected chi connectivity index (χ1v) is 6.82. The van der Waals surface area contributed by atoms with E-state index >= 15 is 0 Å². The zero-order valence-electron chi connectivity index (χ0n) is 10.4. The SMILES string of the molecule is O=c1c2ccc(Br)cc2ncn1Cc1cccc(F)c1. The van der Waals surface area contributed by atoms with Crippen LogP contribution < -0.4 is 5.56 Å². The third kappa shape index (κ3) is 2.49. The van der Waals surface area contributed by atoms with Crippen molar-refractivity contribution in [2.24, 2.45) is 0 Å². The van der Waals surface area contributed by atoms with Crippen LogP contribution in [0.1, 0.15) is 5.56 Å². The van der Waals surface area contributed by atoms with Gasteiger partial charge in [-0.05, 0) is 35.9 Å². The Morgan fingerprint density at radius 1 is 1.20 bits per heavy atom. The molecule has 20 heavy (non-hydrogen) atoms. The van der Waals surface area contributed by atoms with Crippen LogP contribution in [0.15, 0.2) is 58.1 Å². The molecule has 3 nitrogen and oxygen atoms in total. The molecule has 100 valence electrons. The summed E-state index contributed by atoms with van der Waals surface area (Å²) in [5.41, 5.74) is 1.23. The van der Waals surface area contributed by atoms with Crippen molar-refractivity contribution >= 4 is 26.8 Å². The zero-order valence-corrected chi connectivity index (χ0v) is 12.0. The number of nitrogens with zero attached hydrogens (tertiary/aromatic N) is 2. The molecule has 3 aromatic rings. The van der Waals surface area contributed by atoms with Crippen LogP contribution in [0.3, 0.4) is 0 Å². The second-order valence-corrected chi connectivity index (χ2v) is 5.38. The minimum absolute atomic E-state index is 0.133. The molecular weight excluding hydrogens is 323 g/mol. The van der Waals surface area contributed by atoms with Gasteiger partial charge in [0.05, 0.1) is 23.8 Å². The lowest BCUT2D eigenvalue weighted by atomic mass is 10.2. The van der Waals surface area contributed by atoms with Gasteiger partial charge in [0.25, 0.3) is 5.56 Å². The Hall–Kier alpha value is -2.01. The molecule has 0 bridgehead atoms. The lowest BCUT2D eigenvalue weighted by Gasteiger charge is -2.07. The maximum Gasteiger partial charge on any atom is 0.261 e. The van der Waals surface area contributed by atoms with Crippen LogP contribution in [-0.4, -0.2) is 9.55 Å². The van der Waals surface area contributed by atoms with Gasteiger partial charge < -0.3 is 0 Å². The van der Waals surface area contributed by atoms with Crippen LogP contribution in [0.2, 0.25) is 0 Å². The summed E-state index contributed by atoms with van der Waals surface area (Å²) in [6.45, 7) is 0.301. The van der Waals surface area contributed by atoms with Crippen molar-refractivity contribution in [2.75, 3.05) is 0 Å². The first kappa shape index (κ1) is 13.0. The van der Waals surface area contributed by atoms with Gasteiger partial charge in [-0.15, -0.1) is 0 Å². The fourth-order valence-electron chi connectivity index (χ4n) is 2.08. The van der Waals surface area contributed by atoms with E-state index < -0.39 is 0 Å². The maximum absolute atomic E-state index is 13.2. The van der Waals surface area contributed by atoms with Crippen molar-refractivity contribution in [3.8, 4) is 0 Å². The Balaban J connectivity index is 2.07. The summed E-state index contributed by atoms with van der Waals surface area (Å²) in [7, 11) is 0. The molecule has 0 fully saturated rings. The van der Waals surface area contributed by atoms with Crippen LogP contribution in [0.5, 0.6) is 0 Å². The van der Waals surface area contributed by atoms with Crippen LogP contribution in [0.25, 0.3) is 10.9 Å². The highest BCUT2D eigenvalue weighted by molar-refractivity contribution is 9.10. The number of rotatable bonds is 2. The lowest BCUT2D eigenvalue weighted by molar-refractivity contribution is 0.622. The van der Waals surface area contributed by atoms with Crippen molar-refractivity contribution in [1.29, 1.82) is 0 Å². The van der Waals surface area contributed by atoms with E-state index in [1.807, 2.05) is 0 Å². The van der Waals surface area contributed by atoms with E-state index in [1.54, 1.807) is 30.3 Å². The van der Waals surface area contributed by atoms with E-state index in [2.05, 4.69) is 20.9 Å². The van der Waals surface area contributed by atoms with Crippen LogP contribution >= 0.6 is 15.9 Å². The molecule has 5 heteroatoms. The summed E-state index contributed by atoms with van der Waals surface area (Å²) in [5, 5.41) is 0.548. The first-order valence-electron chi connectivity index (χ1n) is 6.02. The lowest BCUT2D eigenvalue weighted by Crippen LogP contribution is -2.21. The smallest absolute Gasteiger partial charge is 0.261 e. The summed E-state index contributed by atoms with van der Waals surface area (Å²) < 4.78 is 15.5. The molecule has 2 aromatic carbocycles. The van der Waals surface area contributed by atoms with E-state index in [1.165, 1.54) is 23.0 Å². The summed E-state index contributed by atoms with van der Waals surface area (Å²) in [6, 6.07) is 11.5. The highest BCUT2D eigenvalue weighted by atomic mass is 79.9. The van der Waals surface area contributed by atoms with E-state index in [-0.39, 0.29) is 11.4 Å². The normalized spacial score (nSPS) is 10.9. The largest absolute Gasteiger partial charge is 0.294 e. The molecule has 0 amide bonds. The van der Waals surface area contributed by atoms with Gasteiger partial charge in [0, 0.05) is 4.47 Å².